The molecule has 0 amide bonds. The lowest BCUT2D eigenvalue weighted by Gasteiger charge is -2.14. The van der Waals surface area contributed by atoms with Crippen molar-refractivity contribution in [1.29, 1.82) is 0 Å². The summed E-state index contributed by atoms with van der Waals surface area (Å²) in [7, 11) is 0. The molecule has 0 spiro atoms. The Hall–Kier alpha value is -2.93. The summed E-state index contributed by atoms with van der Waals surface area (Å²) in [6.07, 6.45) is 1.62. The minimum atomic E-state index is -0.569. The van der Waals surface area contributed by atoms with Gasteiger partial charge < -0.3 is 9.26 Å². The highest BCUT2D eigenvalue weighted by Crippen LogP contribution is 2.28. The summed E-state index contributed by atoms with van der Waals surface area (Å²) in [6.45, 7) is 11.3. The van der Waals surface area contributed by atoms with E-state index in [2.05, 4.69) is 10.1 Å². The highest BCUT2D eigenvalue weighted by Gasteiger charge is 2.19. The van der Waals surface area contributed by atoms with E-state index in [9.17, 15) is 9.59 Å². The SMILES string of the molecule is Cc1cc(C(=O)COC(=O)c2cccnc2SCc2c(C)noc2C)c(C)c(C)c1C. The zero-order chi connectivity index (χ0) is 22.7. The Bertz CT molecular complexity index is 1130. The van der Waals surface area contributed by atoms with Gasteiger partial charge in [0.25, 0.3) is 0 Å². The van der Waals surface area contributed by atoms with Gasteiger partial charge in [-0.05, 0) is 82.0 Å². The van der Waals surface area contributed by atoms with Gasteiger partial charge in [-0.2, -0.15) is 0 Å². The molecule has 0 aliphatic heterocycles. The third-order valence-corrected chi connectivity index (χ3v) is 6.67. The quantitative estimate of drug-likeness (QED) is 0.283. The fourth-order valence-electron chi connectivity index (χ4n) is 3.30. The van der Waals surface area contributed by atoms with Gasteiger partial charge in [0.05, 0.1) is 11.3 Å². The molecule has 0 saturated heterocycles. The van der Waals surface area contributed by atoms with Crippen molar-refractivity contribution in [2.75, 3.05) is 6.61 Å². The minimum absolute atomic E-state index is 0.217. The number of hydrogen-bond acceptors (Lipinski definition) is 7. The maximum absolute atomic E-state index is 12.7. The van der Waals surface area contributed by atoms with Crippen LogP contribution >= 0.6 is 11.8 Å². The monoisotopic (exact) mass is 438 g/mol. The Morgan fingerprint density at radius 2 is 1.77 bits per heavy atom. The second-order valence-corrected chi connectivity index (χ2v) is 8.53. The Labute approximate surface area is 186 Å². The molecule has 3 aromatic rings. The van der Waals surface area contributed by atoms with Crippen LogP contribution in [0.2, 0.25) is 0 Å². The molecule has 0 radical (unpaired) electrons. The number of ketones is 1. The smallest absolute Gasteiger partial charge is 0.341 e. The minimum Gasteiger partial charge on any atom is -0.454 e. The zero-order valence-corrected chi connectivity index (χ0v) is 19.5. The van der Waals surface area contributed by atoms with Gasteiger partial charge in [0.1, 0.15) is 10.8 Å². The molecule has 0 fully saturated rings. The van der Waals surface area contributed by atoms with Crippen molar-refractivity contribution in [2.45, 2.75) is 52.3 Å². The lowest BCUT2D eigenvalue weighted by Crippen LogP contribution is -2.17. The summed E-state index contributed by atoms with van der Waals surface area (Å²) in [5.41, 5.74) is 6.93. The molecule has 0 N–H and O–H groups in total. The number of nitrogens with zero attached hydrogens (tertiary/aromatic N) is 2. The number of hydrogen-bond donors (Lipinski definition) is 0. The van der Waals surface area contributed by atoms with Gasteiger partial charge in [-0.3, -0.25) is 4.79 Å². The number of thioether (sulfide) groups is 1. The van der Waals surface area contributed by atoms with E-state index >= 15 is 0 Å². The molecule has 0 unspecified atom stereocenters. The van der Waals surface area contributed by atoms with Gasteiger partial charge >= 0.3 is 5.97 Å². The van der Waals surface area contributed by atoms with Gasteiger partial charge in [0.2, 0.25) is 5.78 Å². The molecular formula is C24H26N2O4S. The third-order valence-electron chi connectivity index (χ3n) is 5.64. The topological polar surface area (TPSA) is 82.3 Å². The maximum Gasteiger partial charge on any atom is 0.341 e. The number of carbonyl (C=O) groups excluding carboxylic acids is 2. The highest BCUT2D eigenvalue weighted by atomic mass is 32.2. The van der Waals surface area contributed by atoms with Crippen LogP contribution in [0.5, 0.6) is 0 Å². The number of pyridine rings is 1. The fraction of sp³-hybridized carbons (Fsp3) is 0.333. The molecular weight excluding hydrogens is 412 g/mol. The standard InChI is InChI=1S/C24H26N2O4S/c1-13-10-20(16(4)15(3)14(13)2)22(27)11-29-24(28)19-8-7-9-25-23(19)31-12-21-17(5)26-30-18(21)6/h7-10H,11-12H2,1-6H3. The third kappa shape index (κ3) is 4.88. The lowest BCUT2D eigenvalue weighted by molar-refractivity contribution is 0.0470. The molecule has 162 valence electrons. The van der Waals surface area contributed by atoms with Crippen LogP contribution in [0.4, 0.5) is 0 Å². The molecule has 0 atom stereocenters. The van der Waals surface area contributed by atoms with Crippen molar-refractivity contribution < 1.29 is 18.8 Å². The molecule has 0 aliphatic carbocycles. The van der Waals surface area contributed by atoms with Crippen molar-refractivity contribution >= 4 is 23.5 Å². The van der Waals surface area contributed by atoms with Crippen molar-refractivity contribution in [2.24, 2.45) is 0 Å². The van der Waals surface area contributed by atoms with Gasteiger partial charge in [-0.1, -0.05) is 5.16 Å². The summed E-state index contributed by atoms with van der Waals surface area (Å²) in [5, 5.41) is 4.49. The molecule has 1 aromatic carbocycles. The first kappa shape index (κ1) is 22.7. The van der Waals surface area contributed by atoms with Gasteiger partial charge in [-0.15, -0.1) is 11.8 Å². The second kappa shape index (κ2) is 9.47. The number of Topliss-reactive ketones (excluding diaryl/α,β-unsaturated/α-hetero) is 1. The predicted molar refractivity (Wildman–Crippen MR) is 120 cm³/mol. The second-order valence-electron chi connectivity index (χ2n) is 7.56. The average molecular weight is 439 g/mol. The largest absolute Gasteiger partial charge is 0.454 e. The molecule has 2 heterocycles. The van der Waals surface area contributed by atoms with E-state index in [-0.39, 0.29) is 12.4 Å². The van der Waals surface area contributed by atoms with Crippen molar-refractivity contribution in [3.05, 3.63) is 74.8 Å². The van der Waals surface area contributed by atoms with Crippen LogP contribution < -0.4 is 0 Å². The number of aryl methyl sites for hydroxylation is 3. The predicted octanol–water partition coefficient (Wildman–Crippen LogP) is 5.25. The number of rotatable bonds is 7. The number of carbonyl (C=O) groups is 2. The van der Waals surface area contributed by atoms with Gasteiger partial charge in [0.15, 0.2) is 6.61 Å². The molecule has 6 nitrogen and oxygen atoms in total. The van der Waals surface area contributed by atoms with E-state index in [1.54, 1.807) is 18.3 Å². The van der Waals surface area contributed by atoms with Gasteiger partial charge in [-0.25, -0.2) is 9.78 Å². The molecule has 7 heteroatoms. The van der Waals surface area contributed by atoms with Crippen molar-refractivity contribution in [3.8, 4) is 0 Å². The summed E-state index contributed by atoms with van der Waals surface area (Å²) < 4.78 is 10.6. The molecule has 0 bridgehead atoms. The molecule has 31 heavy (non-hydrogen) atoms. The Balaban J connectivity index is 1.71. The first-order chi connectivity index (χ1) is 14.7. The van der Waals surface area contributed by atoms with Crippen LogP contribution in [-0.4, -0.2) is 28.5 Å². The summed E-state index contributed by atoms with van der Waals surface area (Å²) >= 11 is 1.40. The highest BCUT2D eigenvalue weighted by molar-refractivity contribution is 7.98. The Morgan fingerprint density at radius 1 is 1.03 bits per heavy atom. The van der Waals surface area contributed by atoms with Crippen LogP contribution in [0.15, 0.2) is 33.9 Å². The van der Waals surface area contributed by atoms with E-state index in [0.29, 0.717) is 21.9 Å². The first-order valence-corrected chi connectivity index (χ1v) is 11.0. The van der Waals surface area contributed by atoms with E-state index in [4.69, 9.17) is 9.26 Å². The summed E-state index contributed by atoms with van der Waals surface area (Å²) in [4.78, 5) is 29.8. The van der Waals surface area contributed by atoms with Crippen LogP contribution in [0, 0.1) is 41.5 Å². The van der Waals surface area contributed by atoms with Crippen LogP contribution in [0.3, 0.4) is 0 Å². The first-order valence-electron chi connectivity index (χ1n) is 9.98. The molecule has 0 saturated carbocycles. The molecule has 2 aromatic heterocycles. The molecule has 0 aliphatic rings. The lowest BCUT2D eigenvalue weighted by atomic mass is 9.93. The Kier molecular flexibility index (Phi) is 6.95. The summed E-state index contributed by atoms with van der Waals surface area (Å²) in [6, 6.07) is 5.19. The van der Waals surface area contributed by atoms with E-state index in [0.717, 1.165) is 33.7 Å². The Morgan fingerprint density at radius 3 is 2.45 bits per heavy atom. The maximum atomic E-state index is 12.7. The van der Waals surface area contributed by atoms with Gasteiger partial charge in [0, 0.05) is 23.1 Å². The fourth-order valence-corrected chi connectivity index (χ4v) is 4.43. The van der Waals surface area contributed by atoms with Crippen LogP contribution in [0.25, 0.3) is 0 Å². The number of benzene rings is 1. The van der Waals surface area contributed by atoms with E-state index in [1.165, 1.54) is 17.3 Å². The number of aromatic nitrogens is 2. The van der Waals surface area contributed by atoms with Crippen molar-refractivity contribution in [3.63, 3.8) is 0 Å². The zero-order valence-electron chi connectivity index (χ0n) is 18.7. The van der Waals surface area contributed by atoms with E-state index in [1.807, 2.05) is 47.6 Å². The van der Waals surface area contributed by atoms with Crippen molar-refractivity contribution in [1.82, 2.24) is 10.1 Å². The van der Waals surface area contributed by atoms with Crippen LogP contribution in [0.1, 0.15) is 60.0 Å². The number of esters is 1. The van der Waals surface area contributed by atoms with E-state index < -0.39 is 5.97 Å². The normalized spacial score (nSPS) is 10.9. The summed E-state index contributed by atoms with van der Waals surface area (Å²) in [5.74, 6) is 0.528. The van der Waals surface area contributed by atoms with Crippen LogP contribution in [-0.2, 0) is 10.5 Å². The number of ether oxygens (including phenoxy) is 1. The molecule has 3 rings (SSSR count). The average Bonchev–Trinajstić information content (AvgIpc) is 3.08.